The lowest BCUT2D eigenvalue weighted by molar-refractivity contribution is -0.142. The van der Waals surface area contributed by atoms with E-state index in [1.807, 2.05) is 48.5 Å². The van der Waals surface area contributed by atoms with Crippen LogP contribution in [0.25, 0.3) is 11.1 Å². The maximum Gasteiger partial charge on any atom is 0.407 e. The van der Waals surface area contributed by atoms with Gasteiger partial charge in [-0.15, -0.1) is 0 Å². The highest BCUT2D eigenvalue weighted by molar-refractivity contribution is 5.93. The molecule has 2 aromatic carbocycles. The Balaban J connectivity index is 1.56. The van der Waals surface area contributed by atoms with Gasteiger partial charge >= 0.3 is 12.1 Å². The molecule has 7 N–H and O–H groups in total. The highest BCUT2D eigenvalue weighted by atomic mass is 16.5. The number of fused-ring (bicyclic) bond motifs is 3. The number of rotatable bonds is 16. The molecule has 0 aliphatic heterocycles. The molecule has 248 valence electrons. The summed E-state index contributed by atoms with van der Waals surface area (Å²) in [5.41, 5.74) is 9.45. The second-order valence-electron chi connectivity index (χ2n) is 12.1. The van der Waals surface area contributed by atoms with E-state index in [0.717, 1.165) is 22.3 Å². The molecule has 5 amide bonds. The standard InChI is InChI=1S/C33H43N5O8/c1-18(2)15-26(32(43)44)37-30(41)25(13-14-27(34)39)36-28(40)16-35-31(42)29(19(3)4)38-33(45)46-17-24-22-11-7-5-9-20(22)21-10-6-8-12-23(21)24/h5-12,18-19,24-26,29H,13-17H2,1-4H3,(H2,34,39)(H,35,42)(H,36,40)(H,37,41)(H,38,45)(H,43,44)/t25-,26+,29-/m1/s1. The van der Waals surface area contributed by atoms with Gasteiger partial charge in [0.25, 0.3) is 0 Å². The number of amides is 5. The van der Waals surface area contributed by atoms with E-state index in [-0.39, 0.29) is 43.6 Å². The molecule has 0 unspecified atom stereocenters. The van der Waals surface area contributed by atoms with Crippen molar-refractivity contribution in [2.45, 2.75) is 71.0 Å². The third-order valence-corrected chi connectivity index (χ3v) is 7.64. The van der Waals surface area contributed by atoms with Gasteiger partial charge in [0.1, 0.15) is 24.7 Å². The maximum absolute atomic E-state index is 13.0. The van der Waals surface area contributed by atoms with E-state index in [1.165, 1.54) is 0 Å². The van der Waals surface area contributed by atoms with E-state index in [0.29, 0.717) is 0 Å². The zero-order chi connectivity index (χ0) is 34.0. The Labute approximate surface area is 268 Å². The number of ether oxygens (including phenoxy) is 1. The summed E-state index contributed by atoms with van der Waals surface area (Å²) in [6.07, 6.45) is -1.06. The number of nitrogens with two attached hydrogens (primary N) is 1. The molecule has 0 saturated heterocycles. The Kier molecular flexibility index (Phi) is 12.7. The number of alkyl carbamates (subject to hydrolysis) is 1. The monoisotopic (exact) mass is 637 g/mol. The fourth-order valence-electron chi connectivity index (χ4n) is 5.35. The van der Waals surface area contributed by atoms with Crippen LogP contribution in [-0.4, -0.2) is 72.1 Å². The fraction of sp³-hybridized carbons (Fsp3) is 0.455. The van der Waals surface area contributed by atoms with Crippen molar-refractivity contribution in [2.24, 2.45) is 17.6 Å². The number of aliphatic carboxylic acids is 1. The predicted octanol–water partition coefficient (Wildman–Crippen LogP) is 2.03. The zero-order valence-electron chi connectivity index (χ0n) is 26.5. The van der Waals surface area contributed by atoms with Crippen molar-refractivity contribution >= 4 is 35.7 Å². The minimum absolute atomic E-state index is 0.0359. The van der Waals surface area contributed by atoms with Gasteiger partial charge in [0, 0.05) is 12.3 Å². The lowest BCUT2D eigenvalue weighted by atomic mass is 9.98. The molecule has 0 bridgehead atoms. The molecule has 13 nitrogen and oxygen atoms in total. The first kappa shape index (κ1) is 35.5. The largest absolute Gasteiger partial charge is 0.480 e. The summed E-state index contributed by atoms with van der Waals surface area (Å²) in [4.78, 5) is 74.3. The predicted molar refractivity (Wildman–Crippen MR) is 169 cm³/mol. The second kappa shape index (κ2) is 16.4. The number of hydrogen-bond acceptors (Lipinski definition) is 7. The van der Waals surface area contributed by atoms with E-state index in [1.54, 1.807) is 27.7 Å². The molecular weight excluding hydrogens is 594 g/mol. The lowest BCUT2D eigenvalue weighted by Gasteiger charge is -2.23. The van der Waals surface area contributed by atoms with Crippen LogP contribution in [0.15, 0.2) is 48.5 Å². The average Bonchev–Trinajstić information content (AvgIpc) is 3.32. The van der Waals surface area contributed by atoms with Gasteiger partial charge in [-0.2, -0.15) is 0 Å². The minimum Gasteiger partial charge on any atom is -0.480 e. The number of carbonyl (C=O) groups is 6. The van der Waals surface area contributed by atoms with Crippen LogP contribution in [0.2, 0.25) is 0 Å². The van der Waals surface area contributed by atoms with Crippen molar-refractivity contribution in [3.05, 3.63) is 59.7 Å². The average molecular weight is 638 g/mol. The Morgan fingerprint density at radius 2 is 1.41 bits per heavy atom. The molecule has 0 spiro atoms. The molecule has 1 aliphatic carbocycles. The van der Waals surface area contributed by atoms with Crippen LogP contribution in [-0.2, 0) is 28.7 Å². The molecular formula is C33H43N5O8. The van der Waals surface area contributed by atoms with Crippen molar-refractivity contribution in [3.63, 3.8) is 0 Å². The van der Waals surface area contributed by atoms with Crippen molar-refractivity contribution in [1.82, 2.24) is 21.3 Å². The van der Waals surface area contributed by atoms with Gasteiger partial charge in [-0.1, -0.05) is 76.2 Å². The first-order valence-corrected chi connectivity index (χ1v) is 15.3. The van der Waals surface area contributed by atoms with E-state index >= 15 is 0 Å². The SMILES string of the molecule is CC(C)C[C@H](NC(=O)[C@@H](CCC(N)=O)NC(=O)CNC(=O)[C@H](NC(=O)OCC1c2ccccc2-c2ccccc21)C(C)C)C(=O)O. The third kappa shape index (κ3) is 9.78. The molecule has 0 saturated carbocycles. The van der Waals surface area contributed by atoms with Crippen LogP contribution in [0.1, 0.15) is 64.0 Å². The molecule has 3 atom stereocenters. The van der Waals surface area contributed by atoms with E-state index in [9.17, 15) is 33.9 Å². The quantitative estimate of drug-likeness (QED) is 0.160. The Morgan fingerprint density at radius 1 is 0.826 bits per heavy atom. The number of hydrogen-bond donors (Lipinski definition) is 6. The minimum atomic E-state index is -1.27. The zero-order valence-corrected chi connectivity index (χ0v) is 26.5. The molecule has 0 radical (unpaired) electrons. The van der Waals surface area contributed by atoms with Crippen molar-refractivity contribution in [3.8, 4) is 11.1 Å². The van der Waals surface area contributed by atoms with Gasteiger partial charge < -0.3 is 36.8 Å². The lowest BCUT2D eigenvalue weighted by Crippen LogP contribution is -2.55. The van der Waals surface area contributed by atoms with Gasteiger partial charge in [-0.05, 0) is 46.9 Å². The van der Waals surface area contributed by atoms with Gasteiger partial charge in [-0.25, -0.2) is 9.59 Å². The Hall–Kier alpha value is -4.94. The number of primary amides is 1. The smallest absolute Gasteiger partial charge is 0.407 e. The van der Waals surface area contributed by atoms with Crippen LogP contribution in [0, 0.1) is 11.8 Å². The number of carboxylic acid groups (broad SMARTS) is 1. The number of carbonyl (C=O) groups excluding carboxylic acids is 5. The highest BCUT2D eigenvalue weighted by Gasteiger charge is 2.31. The van der Waals surface area contributed by atoms with Crippen LogP contribution in [0.3, 0.4) is 0 Å². The van der Waals surface area contributed by atoms with Crippen molar-refractivity contribution < 1.29 is 38.6 Å². The number of benzene rings is 2. The summed E-state index contributed by atoms with van der Waals surface area (Å²) in [5.74, 6) is -4.74. The summed E-state index contributed by atoms with van der Waals surface area (Å²) in [5, 5.41) is 19.3. The molecule has 3 rings (SSSR count). The van der Waals surface area contributed by atoms with Crippen LogP contribution >= 0.6 is 0 Å². The Bertz CT molecular complexity index is 1400. The molecule has 0 fully saturated rings. The van der Waals surface area contributed by atoms with Crippen LogP contribution in [0.4, 0.5) is 4.79 Å². The molecule has 13 heteroatoms. The van der Waals surface area contributed by atoms with E-state index < -0.39 is 60.4 Å². The molecule has 0 heterocycles. The van der Waals surface area contributed by atoms with Gasteiger partial charge in [0.2, 0.25) is 23.6 Å². The first-order valence-electron chi connectivity index (χ1n) is 15.3. The summed E-state index contributed by atoms with van der Waals surface area (Å²) < 4.78 is 5.56. The van der Waals surface area contributed by atoms with Gasteiger partial charge in [0.15, 0.2) is 0 Å². The number of carboxylic acids is 1. The van der Waals surface area contributed by atoms with Crippen molar-refractivity contribution in [1.29, 1.82) is 0 Å². The third-order valence-electron chi connectivity index (χ3n) is 7.64. The van der Waals surface area contributed by atoms with Crippen molar-refractivity contribution in [2.75, 3.05) is 13.2 Å². The molecule has 2 aromatic rings. The molecule has 46 heavy (non-hydrogen) atoms. The van der Waals surface area contributed by atoms with Gasteiger partial charge in [-0.3, -0.25) is 19.2 Å². The van der Waals surface area contributed by atoms with Gasteiger partial charge in [0.05, 0.1) is 6.54 Å². The number of nitrogens with one attached hydrogen (secondary N) is 4. The van der Waals surface area contributed by atoms with E-state index in [2.05, 4.69) is 21.3 Å². The second-order valence-corrected chi connectivity index (χ2v) is 12.1. The highest BCUT2D eigenvalue weighted by Crippen LogP contribution is 2.44. The summed E-state index contributed by atoms with van der Waals surface area (Å²) >= 11 is 0. The van der Waals surface area contributed by atoms with E-state index in [4.69, 9.17) is 10.5 Å². The van der Waals surface area contributed by atoms with Crippen LogP contribution < -0.4 is 27.0 Å². The normalized spacial score (nSPS) is 14.0. The molecule has 1 aliphatic rings. The molecule has 0 aromatic heterocycles. The first-order chi connectivity index (χ1) is 21.8. The summed E-state index contributed by atoms with van der Waals surface area (Å²) in [6.45, 7) is 6.53. The summed E-state index contributed by atoms with van der Waals surface area (Å²) in [7, 11) is 0. The Morgan fingerprint density at radius 3 is 1.93 bits per heavy atom. The topological polar surface area (TPSA) is 206 Å². The summed E-state index contributed by atoms with van der Waals surface area (Å²) in [6, 6.07) is 12.3. The maximum atomic E-state index is 13.0. The fourth-order valence-corrected chi connectivity index (χ4v) is 5.35. The van der Waals surface area contributed by atoms with Crippen LogP contribution in [0.5, 0.6) is 0 Å².